The highest BCUT2D eigenvalue weighted by Gasteiger charge is 2.40. The molecule has 7 nitrogen and oxygen atoms in total. The Bertz CT molecular complexity index is 1430. The van der Waals surface area contributed by atoms with Crippen molar-refractivity contribution < 1.29 is 41.3 Å². The number of carbonyl (C=O) groups is 1. The summed E-state index contributed by atoms with van der Waals surface area (Å²) in [6.07, 6.45) is -5.03. The van der Waals surface area contributed by atoms with E-state index >= 15 is 0 Å². The van der Waals surface area contributed by atoms with Crippen molar-refractivity contribution in [1.82, 2.24) is 0 Å². The number of fused-ring (bicyclic) bond motifs is 1. The van der Waals surface area contributed by atoms with Crippen molar-refractivity contribution in [1.29, 1.82) is 0 Å². The van der Waals surface area contributed by atoms with Crippen molar-refractivity contribution in [2.24, 2.45) is 0 Å². The lowest BCUT2D eigenvalue weighted by Crippen LogP contribution is -2.16. The number of carbonyl (C=O) groups excluding carboxylic acids is 1. The van der Waals surface area contributed by atoms with Gasteiger partial charge in [-0.05, 0) is 29.8 Å². The third kappa shape index (κ3) is 5.77. The van der Waals surface area contributed by atoms with Crippen LogP contribution in [0.5, 0.6) is 23.0 Å². The van der Waals surface area contributed by atoms with Crippen molar-refractivity contribution in [3.05, 3.63) is 94.3 Å². The van der Waals surface area contributed by atoms with Crippen molar-refractivity contribution in [2.45, 2.75) is 12.8 Å². The highest BCUT2D eigenvalue weighted by Crippen LogP contribution is 2.39. The van der Waals surface area contributed by atoms with E-state index in [0.717, 1.165) is 11.6 Å². The maximum Gasteiger partial charge on any atom is 0.453 e. The van der Waals surface area contributed by atoms with Gasteiger partial charge in [-0.15, -0.1) is 0 Å². The van der Waals surface area contributed by atoms with Gasteiger partial charge >= 0.3 is 12.1 Å². The minimum absolute atomic E-state index is 0.0110. The number of halogens is 3. The van der Waals surface area contributed by atoms with Crippen LogP contribution in [0.15, 0.2) is 82.0 Å². The first-order chi connectivity index (χ1) is 17.2. The number of esters is 1. The van der Waals surface area contributed by atoms with Crippen molar-refractivity contribution in [2.75, 3.05) is 13.7 Å². The number of benzene rings is 3. The lowest BCUT2D eigenvalue weighted by atomic mass is 10.2. The fourth-order valence-electron chi connectivity index (χ4n) is 3.23. The summed E-state index contributed by atoms with van der Waals surface area (Å²) in [6.45, 7) is -0.452. The van der Waals surface area contributed by atoms with Crippen LogP contribution in [0.4, 0.5) is 13.2 Å². The van der Waals surface area contributed by atoms with Gasteiger partial charge in [0.15, 0.2) is 6.61 Å². The molecule has 0 N–H and O–H groups in total. The van der Waals surface area contributed by atoms with Gasteiger partial charge in [-0.25, -0.2) is 4.79 Å². The Hall–Kier alpha value is -4.47. The Kier molecular flexibility index (Phi) is 7.14. The van der Waals surface area contributed by atoms with Gasteiger partial charge in [-0.3, -0.25) is 4.79 Å². The molecular formula is C26H19F3O7. The zero-order chi connectivity index (χ0) is 25.7. The molecule has 0 spiro atoms. The smallest absolute Gasteiger partial charge is 0.453 e. The van der Waals surface area contributed by atoms with Gasteiger partial charge in [-0.2, -0.15) is 13.2 Å². The second-order valence-electron chi connectivity index (χ2n) is 7.46. The number of hydrogen-bond donors (Lipinski definition) is 0. The monoisotopic (exact) mass is 500 g/mol. The maximum absolute atomic E-state index is 13.8. The molecule has 0 aliphatic rings. The molecule has 0 aliphatic carbocycles. The summed E-state index contributed by atoms with van der Waals surface area (Å²) < 4.78 is 67.0. The van der Waals surface area contributed by atoms with E-state index in [-0.39, 0.29) is 29.1 Å². The first kappa shape index (κ1) is 24.6. The predicted molar refractivity (Wildman–Crippen MR) is 122 cm³/mol. The molecule has 4 aromatic rings. The Morgan fingerprint density at radius 2 is 1.67 bits per heavy atom. The topological polar surface area (TPSA) is 84.2 Å². The fraction of sp³-hybridized carbons (Fsp3) is 0.154. The average molecular weight is 500 g/mol. The van der Waals surface area contributed by atoms with E-state index in [4.69, 9.17) is 23.4 Å². The maximum atomic E-state index is 13.8. The fourth-order valence-corrected chi connectivity index (χ4v) is 3.23. The molecule has 1 aromatic heterocycles. The molecule has 1 heterocycles. The Balaban J connectivity index is 1.57. The molecule has 0 radical (unpaired) electrons. The molecule has 36 heavy (non-hydrogen) atoms. The molecule has 0 saturated carbocycles. The van der Waals surface area contributed by atoms with E-state index in [1.54, 1.807) is 30.3 Å². The predicted octanol–water partition coefficient (Wildman–Crippen LogP) is 5.73. The van der Waals surface area contributed by atoms with E-state index in [1.807, 2.05) is 6.07 Å². The normalized spacial score (nSPS) is 11.2. The van der Waals surface area contributed by atoms with E-state index in [0.29, 0.717) is 5.75 Å². The van der Waals surface area contributed by atoms with Crippen LogP contribution >= 0.6 is 0 Å². The van der Waals surface area contributed by atoms with Crippen LogP contribution in [0.25, 0.3) is 11.0 Å². The molecule has 4 rings (SSSR count). The SMILES string of the molecule is COc1cccc(Oc2c(C(F)(F)F)oc3cc(OCC(=O)OCc4ccccc4)ccc3c2=O)c1. The Morgan fingerprint density at radius 1 is 0.917 bits per heavy atom. The van der Waals surface area contributed by atoms with Gasteiger partial charge in [0.2, 0.25) is 11.2 Å². The summed E-state index contributed by atoms with van der Waals surface area (Å²) >= 11 is 0. The van der Waals surface area contributed by atoms with Gasteiger partial charge in [0.05, 0.1) is 12.5 Å². The van der Waals surface area contributed by atoms with Crippen LogP contribution in [0.3, 0.4) is 0 Å². The second-order valence-corrected chi connectivity index (χ2v) is 7.46. The van der Waals surface area contributed by atoms with Gasteiger partial charge in [-0.1, -0.05) is 36.4 Å². The van der Waals surface area contributed by atoms with Crippen LogP contribution < -0.4 is 19.6 Å². The summed E-state index contributed by atoms with van der Waals surface area (Å²) in [5, 5.41) is -0.167. The first-order valence-electron chi connectivity index (χ1n) is 10.6. The number of ether oxygens (including phenoxy) is 4. The van der Waals surface area contributed by atoms with Gasteiger partial charge in [0, 0.05) is 12.1 Å². The third-order valence-corrected chi connectivity index (χ3v) is 4.94. The molecule has 0 atom stereocenters. The number of hydrogen-bond acceptors (Lipinski definition) is 7. The minimum Gasteiger partial charge on any atom is -0.497 e. The number of rotatable bonds is 8. The largest absolute Gasteiger partial charge is 0.497 e. The zero-order valence-corrected chi connectivity index (χ0v) is 18.8. The standard InChI is InChI=1S/C26H19F3O7/c1-32-17-8-5-9-19(12-17)35-24-23(31)20-11-10-18(13-21(20)36-25(24)26(27,28)29)33-15-22(30)34-14-16-6-3-2-4-7-16/h2-13H,14-15H2,1H3. The zero-order valence-electron chi connectivity index (χ0n) is 18.8. The van der Waals surface area contributed by atoms with Crippen LogP contribution in [0.2, 0.25) is 0 Å². The molecular weight excluding hydrogens is 481 g/mol. The molecule has 0 amide bonds. The third-order valence-electron chi connectivity index (χ3n) is 4.94. The number of methoxy groups -OCH3 is 1. The molecule has 0 saturated heterocycles. The summed E-state index contributed by atoms with van der Waals surface area (Å²) in [6, 6.07) is 18.4. The highest BCUT2D eigenvalue weighted by atomic mass is 19.4. The molecule has 0 fully saturated rings. The van der Waals surface area contributed by atoms with E-state index < -0.39 is 35.7 Å². The second kappa shape index (κ2) is 10.4. The summed E-state index contributed by atoms with van der Waals surface area (Å²) in [4.78, 5) is 24.9. The lowest BCUT2D eigenvalue weighted by Gasteiger charge is -2.14. The average Bonchev–Trinajstić information content (AvgIpc) is 2.87. The van der Waals surface area contributed by atoms with E-state index in [9.17, 15) is 22.8 Å². The quantitative estimate of drug-likeness (QED) is 0.286. The summed E-state index contributed by atoms with van der Waals surface area (Å²) in [5.74, 6) is -3.00. The summed E-state index contributed by atoms with van der Waals surface area (Å²) in [7, 11) is 1.38. The van der Waals surface area contributed by atoms with Crippen LogP contribution in [0, 0.1) is 0 Å². The van der Waals surface area contributed by atoms with Crippen LogP contribution in [0.1, 0.15) is 11.3 Å². The van der Waals surface area contributed by atoms with Crippen molar-refractivity contribution in [3.63, 3.8) is 0 Å². The molecule has 0 aliphatic heterocycles. The lowest BCUT2D eigenvalue weighted by molar-refractivity contribution is -0.154. The van der Waals surface area contributed by atoms with Gasteiger partial charge in [0.25, 0.3) is 5.76 Å². The van der Waals surface area contributed by atoms with Crippen molar-refractivity contribution >= 4 is 16.9 Å². The molecule has 186 valence electrons. The number of alkyl halides is 3. The molecule has 10 heteroatoms. The minimum atomic E-state index is -5.03. The van der Waals surface area contributed by atoms with Crippen molar-refractivity contribution in [3.8, 4) is 23.0 Å². The van der Waals surface area contributed by atoms with Gasteiger partial charge < -0.3 is 23.4 Å². The Labute approximate surface area is 202 Å². The van der Waals surface area contributed by atoms with E-state index in [2.05, 4.69) is 0 Å². The van der Waals surface area contributed by atoms with Crippen LogP contribution in [-0.4, -0.2) is 19.7 Å². The first-order valence-corrected chi connectivity index (χ1v) is 10.6. The van der Waals surface area contributed by atoms with E-state index in [1.165, 1.54) is 37.4 Å². The molecule has 3 aromatic carbocycles. The molecule has 0 unspecified atom stereocenters. The summed E-state index contributed by atoms with van der Waals surface area (Å²) in [5.41, 5.74) is -0.634. The van der Waals surface area contributed by atoms with Crippen LogP contribution in [-0.2, 0) is 22.3 Å². The highest BCUT2D eigenvalue weighted by molar-refractivity contribution is 5.80. The molecule has 0 bridgehead atoms. The van der Waals surface area contributed by atoms with Gasteiger partial charge in [0.1, 0.15) is 29.4 Å². The Morgan fingerprint density at radius 3 is 2.39 bits per heavy atom.